The van der Waals surface area contributed by atoms with Gasteiger partial charge in [0, 0.05) is 0 Å². The molecule has 0 saturated carbocycles. The van der Waals surface area contributed by atoms with Gasteiger partial charge in [0.25, 0.3) is 11.8 Å². The fourth-order valence-electron chi connectivity index (χ4n) is 2.86. The Morgan fingerprint density at radius 2 is 1.76 bits per heavy atom. The smallest absolute Gasteiger partial charge is 0.416 e. The normalized spacial score (nSPS) is 21.6. The van der Waals surface area contributed by atoms with Gasteiger partial charge >= 0.3 is 12.4 Å². The number of halogens is 6. The number of aliphatic hydroxyl groups is 1. The minimum atomic E-state index is -5.09. The van der Waals surface area contributed by atoms with Crippen molar-refractivity contribution in [2.24, 2.45) is 0 Å². The Morgan fingerprint density at radius 3 is 2.41 bits per heavy atom. The summed E-state index contributed by atoms with van der Waals surface area (Å²) in [4.78, 5) is 3.84. The van der Waals surface area contributed by atoms with Crippen LogP contribution in [0.3, 0.4) is 0 Å². The van der Waals surface area contributed by atoms with E-state index in [4.69, 9.17) is 10.2 Å². The van der Waals surface area contributed by atoms with Crippen LogP contribution in [0.25, 0.3) is 11.6 Å². The fraction of sp³-hybridized carbons (Fsp3) is 0.562. The summed E-state index contributed by atoms with van der Waals surface area (Å²) >= 11 is 0.865. The van der Waals surface area contributed by atoms with Crippen LogP contribution in [0.1, 0.15) is 43.6 Å². The maximum Gasteiger partial charge on any atom is 0.426 e. The molecule has 29 heavy (non-hydrogen) atoms. The lowest BCUT2D eigenvalue weighted by atomic mass is 9.95. The molecule has 13 heteroatoms. The van der Waals surface area contributed by atoms with Crippen molar-refractivity contribution in [3.8, 4) is 11.6 Å². The summed E-state index contributed by atoms with van der Waals surface area (Å²) in [5, 5.41) is 16.6. The molecule has 3 heterocycles. The van der Waals surface area contributed by atoms with Gasteiger partial charge in [-0.05, 0) is 31.1 Å². The molecular formula is C16H16F6N4O2S. The monoisotopic (exact) mass is 442 g/mol. The van der Waals surface area contributed by atoms with Crippen LogP contribution in [-0.4, -0.2) is 32.2 Å². The number of alkyl halides is 6. The van der Waals surface area contributed by atoms with Gasteiger partial charge in [-0.2, -0.15) is 26.3 Å². The number of fused-ring (bicyclic) bond motifs is 5. The molecular weight excluding hydrogens is 426 g/mol. The Balaban J connectivity index is 2.14. The van der Waals surface area contributed by atoms with Crippen molar-refractivity contribution in [3.05, 3.63) is 17.5 Å². The lowest BCUT2D eigenvalue weighted by Crippen LogP contribution is -2.42. The number of thioether (sulfide) groups is 1. The van der Waals surface area contributed by atoms with Gasteiger partial charge in [0.1, 0.15) is 5.03 Å². The van der Waals surface area contributed by atoms with Crippen LogP contribution in [-0.2, 0) is 11.8 Å². The molecule has 0 aliphatic carbocycles. The van der Waals surface area contributed by atoms with Crippen molar-refractivity contribution in [1.29, 1.82) is 0 Å². The zero-order chi connectivity index (χ0) is 21.4. The van der Waals surface area contributed by atoms with Gasteiger partial charge in [0.2, 0.25) is 5.60 Å². The Morgan fingerprint density at radius 1 is 1.07 bits per heavy atom. The minimum Gasteiger partial charge on any atom is -0.416 e. The van der Waals surface area contributed by atoms with Crippen LogP contribution in [0.5, 0.6) is 0 Å². The van der Waals surface area contributed by atoms with E-state index in [1.54, 1.807) is 0 Å². The zero-order valence-electron chi connectivity index (χ0n) is 14.8. The average Bonchev–Trinajstić information content (AvgIpc) is 3.09. The predicted octanol–water partition coefficient (Wildman–Crippen LogP) is 4.54. The quantitative estimate of drug-likeness (QED) is 0.578. The Labute approximate surface area is 164 Å². The molecule has 2 aromatic heterocycles. The molecule has 0 radical (unpaired) electrons. The summed E-state index contributed by atoms with van der Waals surface area (Å²) in [7, 11) is 0. The highest BCUT2D eigenvalue weighted by atomic mass is 32.2. The molecule has 3 rings (SSSR count). The van der Waals surface area contributed by atoms with Gasteiger partial charge in [-0.1, -0.05) is 12.8 Å². The van der Waals surface area contributed by atoms with E-state index in [9.17, 15) is 31.4 Å². The molecule has 0 amide bonds. The molecule has 0 spiro atoms. The van der Waals surface area contributed by atoms with Crippen LogP contribution < -0.4 is 5.73 Å². The zero-order valence-corrected chi connectivity index (χ0v) is 15.6. The van der Waals surface area contributed by atoms with Crippen molar-refractivity contribution in [3.63, 3.8) is 0 Å². The molecule has 3 N–H and O–H groups in total. The third-order valence-electron chi connectivity index (χ3n) is 4.44. The largest absolute Gasteiger partial charge is 0.426 e. The molecule has 1 aliphatic heterocycles. The highest BCUT2D eigenvalue weighted by Crippen LogP contribution is 2.44. The lowest BCUT2D eigenvalue weighted by Gasteiger charge is -2.26. The summed E-state index contributed by atoms with van der Waals surface area (Å²) in [6.45, 7) is 0. The minimum absolute atomic E-state index is 0.0118. The van der Waals surface area contributed by atoms with Crippen molar-refractivity contribution in [1.82, 2.24) is 15.2 Å². The topological polar surface area (TPSA) is 98.1 Å². The van der Waals surface area contributed by atoms with Crippen molar-refractivity contribution >= 4 is 17.4 Å². The summed E-state index contributed by atoms with van der Waals surface area (Å²) in [5.41, 5.74) is 0.349. The molecule has 1 atom stereocenters. The van der Waals surface area contributed by atoms with Gasteiger partial charge in [-0.25, -0.2) is 4.98 Å². The summed E-state index contributed by atoms with van der Waals surface area (Å²) in [6, 6.07) is 0.635. The number of anilines is 1. The Bertz CT molecular complexity index is 885. The third kappa shape index (κ3) is 4.29. The molecule has 0 unspecified atom stereocenters. The summed E-state index contributed by atoms with van der Waals surface area (Å²) < 4.78 is 85.5. The number of rotatable bonds is 0. The number of hydrogen-bond acceptors (Lipinski definition) is 7. The van der Waals surface area contributed by atoms with Gasteiger partial charge in [0.15, 0.2) is 5.69 Å². The predicted molar refractivity (Wildman–Crippen MR) is 90.7 cm³/mol. The highest BCUT2D eigenvalue weighted by molar-refractivity contribution is 7.99. The molecule has 6 nitrogen and oxygen atoms in total. The first-order chi connectivity index (χ1) is 13.4. The van der Waals surface area contributed by atoms with Crippen LogP contribution in [0, 0.1) is 0 Å². The number of pyridine rings is 1. The van der Waals surface area contributed by atoms with Gasteiger partial charge in [-0.3, -0.25) is 0 Å². The molecule has 1 aliphatic rings. The molecule has 0 aromatic carbocycles. The highest BCUT2D eigenvalue weighted by Gasteiger charge is 2.58. The number of nitrogen functional groups attached to an aromatic ring is 1. The third-order valence-corrected chi connectivity index (χ3v) is 5.52. The molecule has 160 valence electrons. The standard InChI is InChI=1S/C16H16F6N4O2S/c17-15(18,19)8-7-9(23)10-11-25-26-13(28-11)14(27,16(20,21)22)5-3-1-2-4-6-29-12(8)24-10/h7,27H,1-6,23H2/t14-/m1/s1. The molecule has 0 saturated heterocycles. The number of hydrogen-bond donors (Lipinski definition) is 2. The second-order valence-electron chi connectivity index (χ2n) is 6.56. The van der Waals surface area contributed by atoms with Gasteiger partial charge in [-0.15, -0.1) is 22.0 Å². The van der Waals surface area contributed by atoms with E-state index in [2.05, 4.69) is 15.2 Å². The van der Waals surface area contributed by atoms with E-state index in [0.29, 0.717) is 25.3 Å². The van der Waals surface area contributed by atoms with Gasteiger partial charge < -0.3 is 15.3 Å². The summed E-state index contributed by atoms with van der Waals surface area (Å²) in [5.74, 6) is -1.43. The Hall–Kier alpha value is -2.02. The Kier molecular flexibility index (Phi) is 5.73. The lowest BCUT2D eigenvalue weighted by molar-refractivity contribution is -0.277. The van der Waals surface area contributed by atoms with Crippen LogP contribution >= 0.6 is 11.8 Å². The first-order valence-electron chi connectivity index (χ1n) is 8.57. The van der Waals surface area contributed by atoms with E-state index < -0.39 is 47.4 Å². The summed E-state index contributed by atoms with van der Waals surface area (Å²) in [6.07, 6.45) is -9.21. The second-order valence-corrected chi connectivity index (χ2v) is 7.64. The number of nitrogens with two attached hydrogens (primary N) is 1. The van der Waals surface area contributed by atoms with Crippen LogP contribution in [0.15, 0.2) is 15.5 Å². The van der Waals surface area contributed by atoms with Crippen molar-refractivity contribution in [2.45, 2.75) is 55.1 Å². The molecule has 0 fully saturated rings. The SMILES string of the molecule is Nc1cc(C(F)(F)F)c2nc1-c1nnc(o1)[C@@](O)(C(F)(F)F)CCCCCCS2. The average molecular weight is 442 g/mol. The van der Waals surface area contributed by atoms with Crippen molar-refractivity contribution < 1.29 is 35.9 Å². The van der Waals surface area contributed by atoms with E-state index in [-0.39, 0.29) is 22.9 Å². The first-order valence-corrected chi connectivity index (χ1v) is 9.56. The second kappa shape index (κ2) is 7.67. The van der Waals surface area contributed by atoms with E-state index >= 15 is 0 Å². The van der Waals surface area contributed by atoms with E-state index in [1.807, 2.05) is 0 Å². The number of aromatic nitrogens is 3. The molecule has 2 aromatic rings. The number of nitrogens with zero attached hydrogens (tertiary/aromatic N) is 3. The molecule has 4 bridgehead atoms. The van der Waals surface area contributed by atoms with Crippen molar-refractivity contribution in [2.75, 3.05) is 11.5 Å². The van der Waals surface area contributed by atoms with Crippen LogP contribution in [0.2, 0.25) is 0 Å². The fourth-order valence-corrected chi connectivity index (χ4v) is 3.89. The van der Waals surface area contributed by atoms with Crippen LogP contribution in [0.4, 0.5) is 32.0 Å². The first kappa shape index (κ1) is 21.7. The maximum absolute atomic E-state index is 13.5. The van der Waals surface area contributed by atoms with Gasteiger partial charge in [0.05, 0.1) is 11.3 Å². The van der Waals surface area contributed by atoms with E-state index in [1.165, 1.54) is 0 Å². The maximum atomic E-state index is 13.5. The van der Waals surface area contributed by atoms with E-state index in [0.717, 1.165) is 11.8 Å².